The maximum Gasteiger partial charge on any atom is 0.240 e. The van der Waals surface area contributed by atoms with Crippen LogP contribution in [0.25, 0.3) is 0 Å². The molecule has 0 aliphatic carbocycles. The number of benzene rings is 1. The van der Waals surface area contributed by atoms with Crippen molar-refractivity contribution in [3.8, 4) is 11.5 Å². The minimum atomic E-state index is -3.77. The Morgan fingerprint density at radius 3 is 2.52 bits per heavy atom. The smallest absolute Gasteiger partial charge is 0.240 e. The molecule has 2 aliphatic heterocycles. The van der Waals surface area contributed by atoms with E-state index in [0.29, 0.717) is 37.8 Å². The first-order chi connectivity index (χ1) is 15.9. The molecule has 0 bridgehead atoms. The first-order valence-corrected chi connectivity index (χ1v) is 13.0. The number of hydrogen-bond acceptors (Lipinski definition) is 7. The average molecular weight is 483 g/mol. The molecule has 1 saturated heterocycles. The summed E-state index contributed by atoms with van der Waals surface area (Å²) in [5.74, 6) is 0.761. The van der Waals surface area contributed by atoms with Crippen LogP contribution in [0.3, 0.4) is 0 Å². The normalized spacial score (nSPS) is 17.2. The van der Waals surface area contributed by atoms with Crippen molar-refractivity contribution in [2.45, 2.75) is 50.0 Å². The second-order valence-electron chi connectivity index (χ2n) is 8.27. The van der Waals surface area contributed by atoms with Gasteiger partial charge in [0.1, 0.15) is 0 Å². The molecule has 2 aliphatic rings. The van der Waals surface area contributed by atoms with Gasteiger partial charge in [-0.25, -0.2) is 13.1 Å². The van der Waals surface area contributed by atoms with E-state index < -0.39 is 10.0 Å². The van der Waals surface area contributed by atoms with Gasteiger partial charge in [0.25, 0.3) is 0 Å². The minimum absolute atomic E-state index is 0.000939. The Bertz CT molecular complexity index is 915. The van der Waals surface area contributed by atoms with Crippen molar-refractivity contribution < 1.29 is 27.5 Å². The monoisotopic (exact) mass is 482 g/mol. The van der Waals surface area contributed by atoms with Crippen molar-refractivity contribution in [2.24, 2.45) is 0 Å². The lowest BCUT2D eigenvalue weighted by molar-refractivity contribution is -0.124. The van der Waals surface area contributed by atoms with Crippen LogP contribution >= 0.6 is 0 Å². The standard InChI is InChI=1S/C22H34N4O6S/c1-2-9-23-22(28)16-26-11-7-17(8-12-26)25-21(27)6-10-24-33(29,30)18-4-5-19-20(15-18)32-14-3-13-31-19/h4-5,15,17,24H,2-3,6-14,16H2,1H3,(H,23,28)(H,25,27). The van der Waals surface area contributed by atoms with E-state index in [1.807, 2.05) is 6.92 Å². The van der Waals surface area contributed by atoms with Gasteiger partial charge in [-0.05, 0) is 31.4 Å². The maximum atomic E-state index is 12.6. The molecule has 2 heterocycles. The van der Waals surface area contributed by atoms with Crippen molar-refractivity contribution in [1.82, 2.24) is 20.3 Å². The van der Waals surface area contributed by atoms with E-state index in [0.717, 1.165) is 38.8 Å². The molecule has 0 spiro atoms. The highest BCUT2D eigenvalue weighted by molar-refractivity contribution is 7.89. The molecule has 2 amide bonds. The number of sulfonamides is 1. The van der Waals surface area contributed by atoms with E-state index in [9.17, 15) is 18.0 Å². The molecule has 0 saturated carbocycles. The maximum absolute atomic E-state index is 12.6. The molecule has 184 valence electrons. The van der Waals surface area contributed by atoms with E-state index in [4.69, 9.17) is 9.47 Å². The summed E-state index contributed by atoms with van der Waals surface area (Å²) in [6, 6.07) is 4.53. The van der Waals surface area contributed by atoms with Gasteiger partial charge in [0, 0.05) is 51.1 Å². The summed E-state index contributed by atoms with van der Waals surface area (Å²) in [5.41, 5.74) is 0. The van der Waals surface area contributed by atoms with Gasteiger partial charge in [0.15, 0.2) is 11.5 Å². The average Bonchev–Trinajstić information content (AvgIpc) is 3.04. The van der Waals surface area contributed by atoms with Crippen molar-refractivity contribution in [2.75, 3.05) is 45.9 Å². The van der Waals surface area contributed by atoms with Crippen LogP contribution in [0.1, 0.15) is 39.0 Å². The number of fused-ring (bicyclic) bond motifs is 1. The molecular formula is C22H34N4O6S. The highest BCUT2D eigenvalue weighted by atomic mass is 32.2. The molecule has 11 heteroatoms. The third-order valence-electron chi connectivity index (χ3n) is 5.57. The van der Waals surface area contributed by atoms with Crippen molar-refractivity contribution in [3.05, 3.63) is 18.2 Å². The van der Waals surface area contributed by atoms with Crippen LogP contribution in [0.2, 0.25) is 0 Å². The number of carbonyl (C=O) groups excluding carboxylic acids is 2. The number of amides is 2. The van der Waals surface area contributed by atoms with Crippen LogP contribution < -0.4 is 24.8 Å². The summed E-state index contributed by atoms with van der Waals surface area (Å²) in [7, 11) is -3.77. The molecule has 3 rings (SSSR count). The number of rotatable bonds is 10. The predicted octanol–water partition coefficient (Wildman–Crippen LogP) is 0.623. The van der Waals surface area contributed by atoms with Crippen molar-refractivity contribution in [3.63, 3.8) is 0 Å². The Balaban J connectivity index is 1.38. The third-order valence-corrected chi connectivity index (χ3v) is 7.02. The quantitative estimate of drug-likeness (QED) is 0.446. The van der Waals surface area contributed by atoms with Gasteiger partial charge in [-0.2, -0.15) is 0 Å². The van der Waals surface area contributed by atoms with E-state index in [1.165, 1.54) is 12.1 Å². The zero-order valence-electron chi connectivity index (χ0n) is 19.1. The number of nitrogens with zero attached hydrogens (tertiary/aromatic N) is 1. The number of piperidine rings is 1. The summed E-state index contributed by atoms with van der Waals surface area (Å²) in [4.78, 5) is 26.3. The summed E-state index contributed by atoms with van der Waals surface area (Å²) in [5, 5.41) is 5.83. The number of hydrogen-bond donors (Lipinski definition) is 3. The molecule has 0 atom stereocenters. The highest BCUT2D eigenvalue weighted by Gasteiger charge is 2.23. The van der Waals surface area contributed by atoms with Crippen LogP contribution in [0.4, 0.5) is 0 Å². The number of nitrogens with one attached hydrogen (secondary N) is 3. The molecular weight excluding hydrogens is 448 g/mol. The largest absolute Gasteiger partial charge is 0.490 e. The van der Waals surface area contributed by atoms with Gasteiger partial charge in [-0.1, -0.05) is 6.92 Å². The Kier molecular flexibility index (Phi) is 9.33. The summed E-state index contributed by atoms with van der Waals surface area (Å²) in [6.07, 6.45) is 3.21. The fourth-order valence-corrected chi connectivity index (χ4v) is 4.80. The van der Waals surface area contributed by atoms with Gasteiger partial charge >= 0.3 is 0 Å². The highest BCUT2D eigenvalue weighted by Crippen LogP contribution is 2.31. The van der Waals surface area contributed by atoms with E-state index >= 15 is 0 Å². The van der Waals surface area contributed by atoms with Gasteiger partial charge < -0.3 is 20.1 Å². The zero-order valence-corrected chi connectivity index (χ0v) is 19.9. The van der Waals surface area contributed by atoms with Crippen LogP contribution in [0.15, 0.2) is 23.1 Å². The first-order valence-electron chi connectivity index (χ1n) is 11.5. The van der Waals surface area contributed by atoms with Crippen LogP contribution in [-0.4, -0.2) is 77.1 Å². The molecule has 0 aromatic heterocycles. The van der Waals surface area contributed by atoms with Gasteiger partial charge in [0.05, 0.1) is 24.7 Å². The number of carbonyl (C=O) groups is 2. The fraction of sp³-hybridized carbons (Fsp3) is 0.636. The topological polar surface area (TPSA) is 126 Å². The summed E-state index contributed by atoms with van der Waals surface area (Å²) in [6.45, 7) is 5.54. The van der Waals surface area contributed by atoms with E-state index in [1.54, 1.807) is 6.07 Å². The lowest BCUT2D eigenvalue weighted by Gasteiger charge is -2.31. The molecule has 33 heavy (non-hydrogen) atoms. The van der Waals surface area contributed by atoms with E-state index in [-0.39, 0.29) is 35.7 Å². The second-order valence-corrected chi connectivity index (χ2v) is 10.0. The molecule has 10 nitrogen and oxygen atoms in total. The zero-order chi connectivity index (χ0) is 23.7. The summed E-state index contributed by atoms with van der Waals surface area (Å²) < 4.78 is 38.7. The Morgan fingerprint density at radius 1 is 1.06 bits per heavy atom. The molecule has 0 radical (unpaired) electrons. The fourth-order valence-electron chi connectivity index (χ4n) is 3.75. The number of ether oxygens (including phenoxy) is 2. The number of likely N-dealkylation sites (tertiary alicyclic amines) is 1. The van der Waals surface area contributed by atoms with Gasteiger partial charge in [-0.3, -0.25) is 14.5 Å². The van der Waals surface area contributed by atoms with Crippen LogP contribution in [-0.2, 0) is 19.6 Å². The third kappa shape index (κ3) is 7.86. The van der Waals surface area contributed by atoms with E-state index in [2.05, 4.69) is 20.3 Å². The van der Waals surface area contributed by atoms with Gasteiger partial charge in [0.2, 0.25) is 21.8 Å². The SMILES string of the molecule is CCCNC(=O)CN1CCC(NC(=O)CCNS(=O)(=O)c2ccc3c(c2)OCCCO3)CC1. The lowest BCUT2D eigenvalue weighted by Crippen LogP contribution is -2.47. The molecule has 3 N–H and O–H groups in total. The Morgan fingerprint density at radius 2 is 1.79 bits per heavy atom. The van der Waals surface area contributed by atoms with Gasteiger partial charge in [-0.15, -0.1) is 0 Å². The van der Waals surface area contributed by atoms with Crippen LogP contribution in [0, 0.1) is 0 Å². The molecule has 1 aromatic carbocycles. The Hall–Kier alpha value is -2.37. The molecule has 1 fully saturated rings. The lowest BCUT2D eigenvalue weighted by atomic mass is 10.0. The van der Waals surface area contributed by atoms with Crippen molar-refractivity contribution in [1.29, 1.82) is 0 Å². The Labute approximate surface area is 195 Å². The van der Waals surface area contributed by atoms with Crippen molar-refractivity contribution >= 4 is 21.8 Å². The summed E-state index contributed by atoms with van der Waals surface area (Å²) >= 11 is 0. The predicted molar refractivity (Wildman–Crippen MR) is 123 cm³/mol. The molecule has 1 aromatic rings. The second kappa shape index (κ2) is 12.2. The first kappa shape index (κ1) is 25.3. The van der Waals surface area contributed by atoms with Crippen LogP contribution in [0.5, 0.6) is 11.5 Å². The minimum Gasteiger partial charge on any atom is -0.490 e. The molecule has 0 unspecified atom stereocenters.